The SMILES string of the molecule is O=C(N(c1cccc2ccccc12)C1CCS(=O)(=O)C1)C(Cl)(Cl)Cl. The van der Waals surface area contributed by atoms with Crippen molar-refractivity contribution in [3.8, 4) is 0 Å². The third-order valence-electron chi connectivity index (χ3n) is 4.06. The predicted octanol–water partition coefficient (Wildman–Crippen LogP) is 3.73. The van der Waals surface area contributed by atoms with E-state index in [-0.39, 0.29) is 11.5 Å². The second-order valence-electron chi connectivity index (χ2n) is 5.73. The van der Waals surface area contributed by atoms with E-state index in [0.29, 0.717) is 12.1 Å². The molecule has 3 rings (SSSR count). The summed E-state index contributed by atoms with van der Waals surface area (Å²) >= 11 is 17.5. The lowest BCUT2D eigenvalue weighted by atomic mass is 10.1. The Hall–Kier alpha value is -1.01. The molecule has 1 amide bonds. The number of carbonyl (C=O) groups excluding carboxylic acids is 1. The second kappa shape index (κ2) is 6.37. The van der Waals surface area contributed by atoms with Gasteiger partial charge in [-0.2, -0.15) is 0 Å². The van der Waals surface area contributed by atoms with Crippen LogP contribution in [0.4, 0.5) is 5.69 Å². The molecule has 0 aromatic heterocycles. The van der Waals surface area contributed by atoms with Crippen molar-refractivity contribution in [1.82, 2.24) is 0 Å². The van der Waals surface area contributed by atoms with Crippen LogP contribution in [0.15, 0.2) is 42.5 Å². The van der Waals surface area contributed by atoms with Crippen LogP contribution in [0.2, 0.25) is 0 Å². The zero-order valence-corrected chi connectivity index (χ0v) is 15.5. The monoisotopic (exact) mass is 405 g/mol. The molecule has 0 saturated carbocycles. The van der Waals surface area contributed by atoms with Gasteiger partial charge < -0.3 is 4.90 Å². The first-order valence-electron chi connectivity index (χ1n) is 7.28. The Morgan fingerprint density at radius 3 is 2.38 bits per heavy atom. The standard InChI is InChI=1S/C16H14Cl3NO3S/c17-16(18,19)15(21)20(12-8-9-24(22,23)10-12)14-7-3-5-11-4-1-2-6-13(11)14/h1-7,12H,8-10H2. The van der Waals surface area contributed by atoms with Crippen molar-refractivity contribution in [2.75, 3.05) is 16.4 Å². The van der Waals surface area contributed by atoms with Gasteiger partial charge in [-0.15, -0.1) is 0 Å². The number of hydrogen-bond donors (Lipinski definition) is 0. The normalized spacial score (nSPS) is 20.2. The minimum atomic E-state index is -3.20. The first kappa shape index (κ1) is 17.8. The lowest BCUT2D eigenvalue weighted by Gasteiger charge is -2.31. The van der Waals surface area contributed by atoms with Gasteiger partial charge in [0.2, 0.25) is 0 Å². The fourth-order valence-corrected chi connectivity index (χ4v) is 4.98. The Morgan fingerprint density at radius 2 is 1.75 bits per heavy atom. The van der Waals surface area contributed by atoms with Gasteiger partial charge in [-0.1, -0.05) is 71.2 Å². The summed E-state index contributed by atoms with van der Waals surface area (Å²) in [6.07, 6.45) is 0.318. The maximum Gasteiger partial charge on any atom is 0.279 e. The van der Waals surface area contributed by atoms with Crippen molar-refractivity contribution < 1.29 is 13.2 Å². The molecule has 0 aliphatic carbocycles. The van der Waals surface area contributed by atoms with E-state index >= 15 is 0 Å². The first-order chi connectivity index (χ1) is 11.2. The first-order valence-corrected chi connectivity index (χ1v) is 10.2. The minimum Gasteiger partial charge on any atom is -0.304 e. The Kier molecular flexibility index (Phi) is 4.73. The molecule has 0 N–H and O–H groups in total. The van der Waals surface area contributed by atoms with Crippen LogP contribution in [0.25, 0.3) is 10.8 Å². The highest BCUT2D eigenvalue weighted by Crippen LogP contribution is 2.37. The van der Waals surface area contributed by atoms with Gasteiger partial charge in [-0.25, -0.2) is 8.42 Å². The van der Waals surface area contributed by atoms with E-state index in [0.717, 1.165) is 10.8 Å². The van der Waals surface area contributed by atoms with Crippen LogP contribution in [-0.4, -0.2) is 35.7 Å². The quantitative estimate of drug-likeness (QED) is 0.714. The molecular weight excluding hydrogens is 393 g/mol. The van der Waals surface area contributed by atoms with E-state index < -0.39 is 25.6 Å². The number of alkyl halides is 3. The maximum absolute atomic E-state index is 12.7. The van der Waals surface area contributed by atoms with Crippen LogP contribution >= 0.6 is 34.8 Å². The van der Waals surface area contributed by atoms with Gasteiger partial charge in [0, 0.05) is 5.39 Å². The number of hydrogen-bond acceptors (Lipinski definition) is 3. The number of benzene rings is 2. The zero-order chi connectivity index (χ0) is 17.5. The molecule has 1 aliphatic heterocycles. The number of halogens is 3. The van der Waals surface area contributed by atoms with Gasteiger partial charge in [0.1, 0.15) is 0 Å². The largest absolute Gasteiger partial charge is 0.304 e. The van der Waals surface area contributed by atoms with Crippen molar-refractivity contribution >= 4 is 67.0 Å². The number of carbonyl (C=O) groups is 1. The predicted molar refractivity (Wildman–Crippen MR) is 98.8 cm³/mol. The summed E-state index contributed by atoms with van der Waals surface area (Å²) in [4.78, 5) is 14.1. The van der Waals surface area contributed by atoms with Gasteiger partial charge in [0.15, 0.2) is 9.84 Å². The number of anilines is 1. The summed E-state index contributed by atoms with van der Waals surface area (Å²) in [6, 6.07) is 12.4. The summed E-state index contributed by atoms with van der Waals surface area (Å²) in [5.41, 5.74) is 0.548. The van der Waals surface area contributed by atoms with Crippen LogP contribution in [0.5, 0.6) is 0 Å². The summed E-state index contributed by atoms with van der Waals surface area (Å²) in [5, 5.41) is 1.71. The minimum absolute atomic E-state index is 0.0199. The van der Waals surface area contributed by atoms with Gasteiger partial charge in [-0.3, -0.25) is 4.79 Å². The fraction of sp³-hybridized carbons (Fsp3) is 0.312. The lowest BCUT2D eigenvalue weighted by molar-refractivity contribution is -0.118. The Bertz CT molecular complexity index is 888. The molecule has 2 aromatic carbocycles. The third-order valence-corrected chi connectivity index (χ3v) is 6.30. The van der Waals surface area contributed by atoms with Crippen LogP contribution in [-0.2, 0) is 14.6 Å². The third kappa shape index (κ3) is 3.49. The molecule has 1 aliphatic rings. The maximum atomic E-state index is 12.7. The summed E-state index contributed by atoms with van der Waals surface area (Å²) in [5.74, 6) is -0.861. The summed E-state index contributed by atoms with van der Waals surface area (Å²) in [6.45, 7) is 0. The molecule has 2 aromatic rings. The lowest BCUT2D eigenvalue weighted by Crippen LogP contribution is -2.47. The molecular formula is C16H14Cl3NO3S. The molecule has 1 unspecified atom stereocenters. The van der Waals surface area contributed by atoms with Gasteiger partial charge >= 0.3 is 0 Å². The van der Waals surface area contributed by atoms with Crippen molar-refractivity contribution in [2.24, 2.45) is 0 Å². The Labute approximate surface area is 155 Å². The Morgan fingerprint density at radius 1 is 1.08 bits per heavy atom. The number of amides is 1. The van der Waals surface area contributed by atoms with E-state index in [1.165, 1.54) is 4.90 Å². The van der Waals surface area contributed by atoms with Gasteiger partial charge in [0.05, 0.1) is 23.2 Å². The number of fused-ring (bicyclic) bond motifs is 1. The van der Waals surface area contributed by atoms with Crippen molar-refractivity contribution in [3.63, 3.8) is 0 Å². The van der Waals surface area contributed by atoms with E-state index in [2.05, 4.69) is 0 Å². The zero-order valence-electron chi connectivity index (χ0n) is 12.5. The van der Waals surface area contributed by atoms with Crippen LogP contribution in [0.1, 0.15) is 6.42 Å². The molecule has 1 heterocycles. The van der Waals surface area contributed by atoms with E-state index in [4.69, 9.17) is 34.8 Å². The molecule has 0 spiro atoms. The van der Waals surface area contributed by atoms with Crippen molar-refractivity contribution in [2.45, 2.75) is 16.3 Å². The second-order valence-corrected chi connectivity index (χ2v) is 10.2. The highest BCUT2D eigenvalue weighted by atomic mass is 35.6. The van der Waals surface area contributed by atoms with Crippen LogP contribution in [0, 0.1) is 0 Å². The topological polar surface area (TPSA) is 54.5 Å². The van der Waals surface area contributed by atoms with E-state index in [1.807, 2.05) is 30.3 Å². The smallest absolute Gasteiger partial charge is 0.279 e. The Balaban J connectivity index is 2.16. The summed E-state index contributed by atoms with van der Waals surface area (Å²) in [7, 11) is -3.20. The molecule has 4 nitrogen and oxygen atoms in total. The average molecular weight is 407 g/mol. The van der Waals surface area contributed by atoms with Gasteiger partial charge in [-0.05, 0) is 17.9 Å². The molecule has 1 atom stereocenters. The van der Waals surface area contributed by atoms with Crippen molar-refractivity contribution in [3.05, 3.63) is 42.5 Å². The number of sulfone groups is 1. The highest BCUT2D eigenvalue weighted by Gasteiger charge is 2.43. The highest BCUT2D eigenvalue weighted by molar-refractivity contribution is 7.91. The molecule has 0 bridgehead atoms. The molecule has 8 heteroatoms. The molecule has 1 fully saturated rings. The van der Waals surface area contributed by atoms with Gasteiger partial charge in [0.25, 0.3) is 9.70 Å². The van der Waals surface area contributed by atoms with Crippen LogP contribution < -0.4 is 4.90 Å². The molecule has 0 radical (unpaired) electrons. The molecule has 24 heavy (non-hydrogen) atoms. The van der Waals surface area contributed by atoms with Crippen LogP contribution in [0.3, 0.4) is 0 Å². The van der Waals surface area contributed by atoms with E-state index in [1.54, 1.807) is 12.1 Å². The van der Waals surface area contributed by atoms with E-state index in [9.17, 15) is 13.2 Å². The van der Waals surface area contributed by atoms with Crippen molar-refractivity contribution in [1.29, 1.82) is 0 Å². The number of nitrogens with zero attached hydrogens (tertiary/aromatic N) is 1. The molecule has 1 saturated heterocycles. The summed E-state index contributed by atoms with van der Waals surface area (Å²) < 4.78 is 21.6. The average Bonchev–Trinajstić information content (AvgIpc) is 2.86. The fourth-order valence-electron chi connectivity index (χ4n) is 3.01. The molecule has 128 valence electrons. The number of rotatable bonds is 2.